The number of nitrogens with zero attached hydrogens (tertiary/aromatic N) is 3. The Labute approximate surface area is 236 Å². The number of ether oxygens (including phenoxy) is 1. The molecule has 3 atom stereocenters. The van der Waals surface area contributed by atoms with Gasteiger partial charge in [0, 0.05) is 18.3 Å². The molecule has 4 rings (SSSR count). The van der Waals surface area contributed by atoms with Crippen molar-refractivity contribution in [3.8, 4) is 0 Å². The third-order valence-electron chi connectivity index (χ3n) is 7.02. The van der Waals surface area contributed by atoms with Crippen LogP contribution in [0.1, 0.15) is 69.1 Å². The van der Waals surface area contributed by atoms with Gasteiger partial charge in [0.15, 0.2) is 0 Å². The fourth-order valence-corrected chi connectivity index (χ4v) is 5.14. The minimum atomic E-state index is -4.63. The van der Waals surface area contributed by atoms with Gasteiger partial charge in [-0.3, -0.25) is 4.79 Å². The molecule has 2 unspecified atom stereocenters. The van der Waals surface area contributed by atoms with Crippen LogP contribution in [0.15, 0.2) is 48.2 Å². The molecule has 8 nitrogen and oxygen atoms in total. The summed E-state index contributed by atoms with van der Waals surface area (Å²) in [7, 11) is 0. The van der Waals surface area contributed by atoms with Crippen LogP contribution >= 0.6 is 0 Å². The van der Waals surface area contributed by atoms with Gasteiger partial charge in [0.1, 0.15) is 23.4 Å². The predicted molar refractivity (Wildman–Crippen MR) is 145 cm³/mol. The molecular formula is C29H35F4N5O3. The number of carbonyl (C=O) groups excluding carboxylic acids is 2. The number of pyridine rings is 1. The molecule has 1 aromatic heterocycles. The summed E-state index contributed by atoms with van der Waals surface area (Å²) in [4.78, 5) is 31.4. The maximum Gasteiger partial charge on any atom is 0.429 e. The SMILES string of the molecule is CC1=CC(Nc2ccc(F)c(CC3CCN(C(=O)c4ccccc4C(F)(F)F)[C@H](C)C3)n2)NN1C(=O)OC(C)(C)C. The lowest BCUT2D eigenvalue weighted by atomic mass is 9.87. The molecule has 2 N–H and O–H groups in total. The van der Waals surface area contributed by atoms with Crippen LogP contribution in [-0.4, -0.2) is 51.2 Å². The second-order valence-corrected chi connectivity index (χ2v) is 11.5. The van der Waals surface area contributed by atoms with E-state index in [2.05, 4.69) is 15.7 Å². The van der Waals surface area contributed by atoms with Crippen LogP contribution in [0.25, 0.3) is 0 Å². The summed E-state index contributed by atoms with van der Waals surface area (Å²) in [6.07, 6.45) is -2.59. The Kier molecular flexibility index (Phi) is 8.62. The summed E-state index contributed by atoms with van der Waals surface area (Å²) in [6, 6.07) is 7.28. The summed E-state index contributed by atoms with van der Waals surface area (Å²) in [5, 5.41) is 4.42. The van der Waals surface area contributed by atoms with Crippen LogP contribution in [0.2, 0.25) is 0 Å². The lowest BCUT2D eigenvalue weighted by Gasteiger charge is -2.38. The number of anilines is 1. The number of benzene rings is 1. The number of aromatic nitrogens is 1. The van der Waals surface area contributed by atoms with E-state index < -0.39 is 41.3 Å². The average molecular weight is 578 g/mol. The van der Waals surface area contributed by atoms with Crippen LogP contribution in [0.5, 0.6) is 0 Å². The number of likely N-dealkylation sites (tertiary alicyclic amines) is 1. The van der Waals surface area contributed by atoms with Gasteiger partial charge in [0.25, 0.3) is 5.91 Å². The molecule has 0 aliphatic carbocycles. The normalized spacial score (nSPS) is 21.5. The van der Waals surface area contributed by atoms with Gasteiger partial charge < -0.3 is 15.0 Å². The minimum Gasteiger partial charge on any atom is -0.442 e. The maximum absolute atomic E-state index is 14.7. The van der Waals surface area contributed by atoms with Crippen molar-refractivity contribution in [2.75, 3.05) is 11.9 Å². The first kappa shape index (κ1) is 30.3. The molecule has 3 heterocycles. The van der Waals surface area contributed by atoms with E-state index in [0.29, 0.717) is 30.8 Å². The molecule has 1 saturated heterocycles. The zero-order valence-electron chi connectivity index (χ0n) is 23.7. The number of halogens is 4. The minimum absolute atomic E-state index is 0.0152. The molecular weight excluding hydrogens is 542 g/mol. The summed E-state index contributed by atoms with van der Waals surface area (Å²) >= 11 is 0. The Morgan fingerprint density at radius 1 is 1.15 bits per heavy atom. The topological polar surface area (TPSA) is 86.8 Å². The van der Waals surface area contributed by atoms with Crippen LogP contribution < -0.4 is 10.7 Å². The van der Waals surface area contributed by atoms with Crippen LogP contribution in [0.4, 0.5) is 28.2 Å². The van der Waals surface area contributed by atoms with Crippen molar-refractivity contribution in [1.29, 1.82) is 0 Å². The van der Waals surface area contributed by atoms with Gasteiger partial charge in [-0.15, -0.1) is 0 Å². The predicted octanol–water partition coefficient (Wildman–Crippen LogP) is 6.12. The van der Waals surface area contributed by atoms with E-state index in [1.54, 1.807) is 40.7 Å². The molecule has 2 aliphatic rings. The number of hydrazine groups is 1. The van der Waals surface area contributed by atoms with E-state index in [-0.39, 0.29) is 29.8 Å². The van der Waals surface area contributed by atoms with E-state index in [1.807, 2.05) is 0 Å². The monoisotopic (exact) mass is 577 g/mol. The van der Waals surface area contributed by atoms with E-state index in [9.17, 15) is 27.2 Å². The Bertz CT molecular complexity index is 1320. The van der Waals surface area contributed by atoms with Crippen LogP contribution in [-0.2, 0) is 17.3 Å². The maximum atomic E-state index is 14.7. The highest BCUT2D eigenvalue weighted by molar-refractivity contribution is 5.96. The number of allylic oxidation sites excluding steroid dienone is 1. The lowest BCUT2D eigenvalue weighted by molar-refractivity contribution is -0.138. The fraction of sp³-hybridized carbons (Fsp3) is 0.483. The number of carbonyl (C=O) groups is 2. The summed E-state index contributed by atoms with van der Waals surface area (Å²) in [5.41, 5.74) is 1.89. The Hall–Kier alpha value is -3.67. The fourth-order valence-electron chi connectivity index (χ4n) is 5.14. The highest BCUT2D eigenvalue weighted by Crippen LogP contribution is 2.34. The first-order valence-electron chi connectivity index (χ1n) is 13.5. The third-order valence-corrected chi connectivity index (χ3v) is 7.02. The average Bonchev–Trinajstić information content (AvgIpc) is 3.24. The number of rotatable bonds is 5. The highest BCUT2D eigenvalue weighted by Gasteiger charge is 2.38. The van der Waals surface area contributed by atoms with Crippen molar-refractivity contribution in [3.05, 3.63) is 70.8 Å². The molecule has 2 amide bonds. The van der Waals surface area contributed by atoms with Gasteiger partial charge in [-0.25, -0.2) is 19.2 Å². The Morgan fingerprint density at radius 2 is 1.85 bits per heavy atom. The summed E-state index contributed by atoms with van der Waals surface area (Å²) in [6.45, 7) is 9.12. The molecule has 0 spiro atoms. The van der Waals surface area contributed by atoms with Crippen molar-refractivity contribution in [3.63, 3.8) is 0 Å². The van der Waals surface area contributed by atoms with Crippen molar-refractivity contribution >= 4 is 17.8 Å². The quantitative estimate of drug-likeness (QED) is 0.417. The first-order valence-corrected chi connectivity index (χ1v) is 13.5. The zero-order valence-corrected chi connectivity index (χ0v) is 23.7. The van der Waals surface area contributed by atoms with E-state index in [0.717, 1.165) is 6.07 Å². The zero-order chi connectivity index (χ0) is 30.1. The van der Waals surface area contributed by atoms with Gasteiger partial charge in [-0.05, 0) is 90.1 Å². The van der Waals surface area contributed by atoms with Crippen LogP contribution in [0, 0.1) is 11.7 Å². The molecule has 1 aromatic carbocycles. The van der Waals surface area contributed by atoms with E-state index >= 15 is 0 Å². The number of piperidine rings is 1. The standard InChI is InChI=1S/C29H35F4N5O3/c1-17-14-19(12-13-37(17)26(39)20-8-6-7-9-21(20)29(31,32)33)16-23-22(30)10-11-24(34-23)35-25-15-18(2)38(36-25)27(40)41-28(3,4)5/h6-11,15,17,19,25,36H,12-14,16H2,1-5H3,(H,34,35)/t17-,19?,25?/m1/s1. The van der Waals surface area contributed by atoms with E-state index in [4.69, 9.17) is 4.74 Å². The smallest absolute Gasteiger partial charge is 0.429 e. The summed E-state index contributed by atoms with van der Waals surface area (Å²) in [5.74, 6) is -0.744. The molecule has 41 heavy (non-hydrogen) atoms. The molecule has 0 radical (unpaired) electrons. The highest BCUT2D eigenvalue weighted by atomic mass is 19.4. The Morgan fingerprint density at radius 3 is 2.51 bits per heavy atom. The van der Waals surface area contributed by atoms with Gasteiger partial charge in [-0.2, -0.15) is 18.6 Å². The van der Waals surface area contributed by atoms with Crippen molar-refractivity contribution < 1.29 is 31.9 Å². The Balaban J connectivity index is 1.38. The van der Waals surface area contributed by atoms with Crippen molar-refractivity contribution in [2.45, 2.75) is 77.9 Å². The second-order valence-electron chi connectivity index (χ2n) is 11.5. The molecule has 0 saturated carbocycles. The lowest BCUT2D eigenvalue weighted by Crippen LogP contribution is -2.46. The largest absolute Gasteiger partial charge is 0.442 e. The molecule has 222 valence electrons. The van der Waals surface area contributed by atoms with Gasteiger partial charge in [0.05, 0.1) is 16.8 Å². The molecule has 2 aromatic rings. The van der Waals surface area contributed by atoms with Gasteiger partial charge in [0.2, 0.25) is 0 Å². The number of hydrogen-bond acceptors (Lipinski definition) is 6. The summed E-state index contributed by atoms with van der Waals surface area (Å²) < 4.78 is 60.5. The van der Waals surface area contributed by atoms with Crippen molar-refractivity contribution in [1.82, 2.24) is 20.3 Å². The van der Waals surface area contributed by atoms with Gasteiger partial charge in [-0.1, -0.05) is 12.1 Å². The number of amides is 2. The van der Waals surface area contributed by atoms with Crippen molar-refractivity contribution in [2.24, 2.45) is 5.92 Å². The van der Waals surface area contributed by atoms with E-state index in [1.165, 1.54) is 40.2 Å². The molecule has 0 bridgehead atoms. The van der Waals surface area contributed by atoms with Gasteiger partial charge >= 0.3 is 12.3 Å². The number of nitrogens with one attached hydrogen (secondary N) is 2. The molecule has 1 fully saturated rings. The molecule has 12 heteroatoms. The second kappa shape index (κ2) is 11.7. The number of hydrogen-bond donors (Lipinski definition) is 2. The van der Waals surface area contributed by atoms with Crippen LogP contribution in [0.3, 0.4) is 0 Å². The number of alkyl halides is 3. The molecule has 2 aliphatic heterocycles. The first-order chi connectivity index (χ1) is 19.1. The third kappa shape index (κ3) is 7.35.